The minimum Gasteiger partial charge on any atom is -0.0984 e. The zero-order chi connectivity index (χ0) is 13.4. The van der Waals surface area contributed by atoms with Crippen LogP contribution in [0.4, 0.5) is 0 Å². The van der Waals surface area contributed by atoms with Crippen molar-refractivity contribution in [2.24, 2.45) is 0 Å². The lowest BCUT2D eigenvalue weighted by Gasteiger charge is -2.13. The van der Waals surface area contributed by atoms with E-state index in [1.54, 1.807) is 0 Å². The van der Waals surface area contributed by atoms with Gasteiger partial charge in [0, 0.05) is 4.47 Å². The van der Waals surface area contributed by atoms with Crippen molar-refractivity contribution in [2.45, 2.75) is 0 Å². The minimum absolute atomic E-state index is 1.09. The van der Waals surface area contributed by atoms with E-state index in [-0.39, 0.29) is 0 Å². The van der Waals surface area contributed by atoms with Crippen LogP contribution in [0, 0.1) is 0 Å². The number of hydrogen-bond acceptors (Lipinski definition) is 0. The summed E-state index contributed by atoms with van der Waals surface area (Å²) in [7, 11) is 0. The van der Waals surface area contributed by atoms with Crippen molar-refractivity contribution >= 4 is 49.6 Å². The lowest BCUT2D eigenvalue weighted by atomic mass is 9.92. The van der Waals surface area contributed by atoms with Gasteiger partial charge in [0.25, 0.3) is 0 Å². The van der Waals surface area contributed by atoms with Crippen LogP contribution in [0.25, 0.3) is 33.7 Å². The fourth-order valence-corrected chi connectivity index (χ4v) is 3.02. The standard InChI is InChI=1S/C18H13Br/c1-3-13-14(4-2)17-10-9-12(19)11-18(17)16-8-6-5-7-15(13)16/h3-11H,1-2H2. The van der Waals surface area contributed by atoms with Crippen molar-refractivity contribution in [1.29, 1.82) is 0 Å². The molecule has 92 valence electrons. The van der Waals surface area contributed by atoms with E-state index >= 15 is 0 Å². The van der Waals surface area contributed by atoms with E-state index in [0.717, 1.165) is 15.6 Å². The highest BCUT2D eigenvalue weighted by Gasteiger charge is 2.10. The number of benzene rings is 3. The molecule has 3 aromatic rings. The molecule has 0 fully saturated rings. The maximum atomic E-state index is 3.96. The van der Waals surface area contributed by atoms with Crippen molar-refractivity contribution in [3.63, 3.8) is 0 Å². The molecule has 0 saturated heterocycles. The summed E-state index contributed by atoms with van der Waals surface area (Å²) in [6.45, 7) is 7.92. The second-order valence-electron chi connectivity index (χ2n) is 4.47. The van der Waals surface area contributed by atoms with E-state index in [4.69, 9.17) is 0 Å². The van der Waals surface area contributed by atoms with Crippen LogP contribution in [-0.2, 0) is 0 Å². The third-order valence-electron chi connectivity index (χ3n) is 3.48. The normalized spacial score (nSPS) is 10.8. The summed E-state index contributed by atoms with van der Waals surface area (Å²) in [6, 6.07) is 14.8. The molecule has 0 radical (unpaired) electrons. The van der Waals surface area contributed by atoms with Crippen molar-refractivity contribution in [3.8, 4) is 0 Å². The lowest BCUT2D eigenvalue weighted by molar-refractivity contribution is 1.68. The first-order valence-corrected chi connectivity index (χ1v) is 6.94. The zero-order valence-electron chi connectivity index (χ0n) is 10.5. The molecule has 19 heavy (non-hydrogen) atoms. The van der Waals surface area contributed by atoms with E-state index in [1.165, 1.54) is 21.5 Å². The van der Waals surface area contributed by atoms with Crippen LogP contribution in [0.15, 0.2) is 60.1 Å². The minimum atomic E-state index is 1.09. The number of hydrogen-bond donors (Lipinski definition) is 0. The molecule has 0 aliphatic heterocycles. The highest BCUT2D eigenvalue weighted by atomic mass is 79.9. The van der Waals surface area contributed by atoms with Gasteiger partial charge in [-0.3, -0.25) is 0 Å². The Morgan fingerprint density at radius 1 is 0.737 bits per heavy atom. The molecule has 1 heteroatoms. The number of fused-ring (bicyclic) bond motifs is 3. The molecule has 0 heterocycles. The van der Waals surface area contributed by atoms with Crippen LogP contribution in [0.5, 0.6) is 0 Å². The average molecular weight is 309 g/mol. The van der Waals surface area contributed by atoms with Gasteiger partial charge in [0.2, 0.25) is 0 Å². The van der Waals surface area contributed by atoms with E-state index in [1.807, 2.05) is 12.2 Å². The summed E-state index contributed by atoms with van der Waals surface area (Å²) < 4.78 is 1.09. The molecule has 0 atom stereocenters. The average Bonchev–Trinajstić information content (AvgIpc) is 2.45. The van der Waals surface area contributed by atoms with E-state index < -0.39 is 0 Å². The van der Waals surface area contributed by atoms with Gasteiger partial charge in [-0.25, -0.2) is 0 Å². The zero-order valence-corrected chi connectivity index (χ0v) is 12.1. The molecule has 0 aliphatic carbocycles. The summed E-state index contributed by atoms with van der Waals surface area (Å²) in [5.41, 5.74) is 2.30. The van der Waals surface area contributed by atoms with Gasteiger partial charge in [0.05, 0.1) is 0 Å². The number of rotatable bonds is 2. The van der Waals surface area contributed by atoms with Crippen molar-refractivity contribution in [3.05, 3.63) is 71.2 Å². The Balaban J connectivity index is 2.68. The molecule has 0 saturated carbocycles. The molecule has 0 spiro atoms. The van der Waals surface area contributed by atoms with Gasteiger partial charge < -0.3 is 0 Å². The topological polar surface area (TPSA) is 0 Å². The first-order valence-electron chi connectivity index (χ1n) is 6.15. The van der Waals surface area contributed by atoms with Gasteiger partial charge in [-0.05, 0) is 44.8 Å². The van der Waals surface area contributed by atoms with Crippen molar-refractivity contribution in [1.82, 2.24) is 0 Å². The van der Waals surface area contributed by atoms with Crippen LogP contribution in [-0.4, -0.2) is 0 Å². The summed E-state index contributed by atoms with van der Waals surface area (Å²) >= 11 is 3.55. The van der Waals surface area contributed by atoms with Crippen LogP contribution >= 0.6 is 15.9 Å². The maximum absolute atomic E-state index is 3.96. The highest BCUT2D eigenvalue weighted by molar-refractivity contribution is 9.10. The second kappa shape index (κ2) is 4.67. The Morgan fingerprint density at radius 3 is 1.95 bits per heavy atom. The van der Waals surface area contributed by atoms with Gasteiger partial charge >= 0.3 is 0 Å². The van der Waals surface area contributed by atoms with Gasteiger partial charge in [0.1, 0.15) is 0 Å². The molecule has 0 aromatic heterocycles. The molecule has 0 aliphatic rings. The fraction of sp³-hybridized carbons (Fsp3) is 0. The van der Waals surface area contributed by atoms with E-state index in [9.17, 15) is 0 Å². The Bertz CT molecular complexity index is 813. The molecule has 0 unspecified atom stereocenters. The van der Waals surface area contributed by atoms with Crippen LogP contribution in [0.1, 0.15) is 11.1 Å². The van der Waals surface area contributed by atoms with Crippen molar-refractivity contribution < 1.29 is 0 Å². The Morgan fingerprint density at radius 2 is 1.32 bits per heavy atom. The van der Waals surface area contributed by atoms with Gasteiger partial charge in [0.15, 0.2) is 0 Å². The van der Waals surface area contributed by atoms with Crippen LogP contribution < -0.4 is 0 Å². The highest BCUT2D eigenvalue weighted by Crippen LogP contribution is 2.35. The summed E-state index contributed by atoms with van der Waals surface area (Å²) in [4.78, 5) is 0. The molecule has 3 rings (SSSR count). The lowest BCUT2D eigenvalue weighted by Crippen LogP contribution is -1.88. The predicted molar refractivity (Wildman–Crippen MR) is 89.3 cm³/mol. The molecular formula is C18H13Br. The summed E-state index contributed by atoms with van der Waals surface area (Å²) in [5, 5.41) is 4.93. The Hall–Kier alpha value is -1.86. The summed E-state index contributed by atoms with van der Waals surface area (Å²) in [5.74, 6) is 0. The third kappa shape index (κ3) is 1.82. The van der Waals surface area contributed by atoms with Gasteiger partial charge in [-0.2, -0.15) is 0 Å². The maximum Gasteiger partial charge on any atom is 0.0181 e. The van der Waals surface area contributed by atoms with E-state index in [0.29, 0.717) is 0 Å². The molecule has 0 N–H and O–H groups in total. The summed E-state index contributed by atoms with van der Waals surface area (Å²) in [6.07, 6.45) is 3.83. The first-order chi connectivity index (χ1) is 9.26. The van der Waals surface area contributed by atoms with Crippen LogP contribution in [0.2, 0.25) is 0 Å². The van der Waals surface area contributed by atoms with Gasteiger partial charge in [-0.1, -0.05) is 71.6 Å². The van der Waals surface area contributed by atoms with Crippen LogP contribution in [0.3, 0.4) is 0 Å². The largest absolute Gasteiger partial charge is 0.0984 e. The molecule has 3 aromatic carbocycles. The van der Waals surface area contributed by atoms with Gasteiger partial charge in [-0.15, -0.1) is 0 Å². The fourth-order valence-electron chi connectivity index (χ4n) is 2.66. The molecule has 0 amide bonds. The first kappa shape index (κ1) is 12.2. The Labute approximate surface area is 121 Å². The second-order valence-corrected chi connectivity index (χ2v) is 5.39. The molecule has 0 bridgehead atoms. The monoisotopic (exact) mass is 308 g/mol. The quantitative estimate of drug-likeness (QED) is 0.506. The predicted octanol–water partition coefficient (Wildman–Crippen LogP) is 6.04. The molecular weight excluding hydrogens is 296 g/mol. The SMILES string of the molecule is C=Cc1c(C=C)c2ccc(Br)cc2c2ccccc12. The van der Waals surface area contributed by atoms with E-state index in [2.05, 4.69) is 71.6 Å². The third-order valence-corrected chi connectivity index (χ3v) is 3.97. The number of halogens is 1. The smallest absolute Gasteiger partial charge is 0.0181 e. The molecule has 0 nitrogen and oxygen atoms in total. The van der Waals surface area contributed by atoms with Crippen molar-refractivity contribution in [2.75, 3.05) is 0 Å². The Kier molecular flexibility index (Phi) is 3.00.